The number of fused-ring (bicyclic) bond motifs is 1. The lowest BCUT2D eigenvalue weighted by molar-refractivity contribution is -0.117. The Hall–Kier alpha value is -3.78. The number of anilines is 2. The SMILES string of the molecule is CC(=O)N(c1nc(/C=C/C(=O)NCCCn2ccc3ccccc32)cs1)c1ccccc1F. The van der Waals surface area contributed by atoms with Crippen molar-refractivity contribution in [2.24, 2.45) is 0 Å². The summed E-state index contributed by atoms with van der Waals surface area (Å²) in [5.74, 6) is -1.08. The van der Waals surface area contributed by atoms with Crippen molar-refractivity contribution in [2.45, 2.75) is 19.9 Å². The van der Waals surface area contributed by atoms with E-state index in [2.05, 4.69) is 39.3 Å². The van der Waals surface area contributed by atoms with Crippen molar-refractivity contribution in [2.75, 3.05) is 11.4 Å². The minimum atomic E-state index is -0.507. The summed E-state index contributed by atoms with van der Waals surface area (Å²) in [7, 11) is 0. The van der Waals surface area contributed by atoms with Gasteiger partial charge in [0.05, 0.1) is 11.4 Å². The van der Waals surface area contributed by atoms with E-state index >= 15 is 0 Å². The smallest absolute Gasteiger partial charge is 0.244 e. The quantitative estimate of drug-likeness (QED) is 0.291. The molecule has 168 valence electrons. The van der Waals surface area contributed by atoms with Crippen LogP contribution in [0.3, 0.4) is 0 Å². The van der Waals surface area contributed by atoms with Crippen LogP contribution in [0.4, 0.5) is 15.2 Å². The first kappa shape index (κ1) is 22.4. The van der Waals surface area contributed by atoms with Crippen molar-refractivity contribution in [3.05, 3.63) is 83.8 Å². The van der Waals surface area contributed by atoms with Gasteiger partial charge in [-0.25, -0.2) is 9.37 Å². The fourth-order valence-electron chi connectivity index (χ4n) is 3.51. The number of carbonyl (C=O) groups excluding carboxylic acids is 2. The van der Waals surface area contributed by atoms with Gasteiger partial charge in [-0.15, -0.1) is 11.3 Å². The zero-order valence-electron chi connectivity index (χ0n) is 18.1. The van der Waals surface area contributed by atoms with Crippen LogP contribution in [0.25, 0.3) is 17.0 Å². The van der Waals surface area contributed by atoms with E-state index in [0.717, 1.165) is 13.0 Å². The molecule has 4 aromatic rings. The molecule has 0 bridgehead atoms. The fourth-order valence-corrected chi connectivity index (χ4v) is 4.36. The molecule has 0 unspecified atom stereocenters. The van der Waals surface area contributed by atoms with Gasteiger partial charge in [-0.1, -0.05) is 30.3 Å². The van der Waals surface area contributed by atoms with Gasteiger partial charge in [0.1, 0.15) is 5.82 Å². The number of rotatable bonds is 8. The first-order valence-electron chi connectivity index (χ1n) is 10.5. The standard InChI is InChI=1S/C25H23FN4O2S/c1-18(31)30(23-10-5-3-8-21(23)26)25-28-20(17-33-25)11-12-24(32)27-14-6-15-29-16-13-19-7-2-4-9-22(19)29/h2-5,7-13,16-17H,6,14-15H2,1H3,(H,27,32)/b12-11+. The second-order valence-electron chi connectivity index (χ2n) is 7.41. The summed E-state index contributed by atoms with van der Waals surface area (Å²) in [5.41, 5.74) is 1.84. The highest BCUT2D eigenvalue weighted by Gasteiger charge is 2.20. The Morgan fingerprint density at radius 3 is 2.76 bits per heavy atom. The highest BCUT2D eigenvalue weighted by Crippen LogP contribution is 2.30. The molecule has 0 aliphatic carbocycles. The average molecular weight is 463 g/mol. The van der Waals surface area contributed by atoms with Gasteiger partial charge in [0.25, 0.3) is 0 Å². The first-order chi connectivity index (χ1) is 16.0. The maximum atomic E-state index is 14.2. The summed E-state index contributed by atoms with van der Waals surface area (Å²) in [5, 5.41) is 6.12. The van der Waals surface area contributed by atoms with Gasteiger partial charge in [-0.3, -0.25) is 14.5 Å². The van der Waals surface area contributed by atoms with E-state index in [1.54, 1.807) is 23.6 Å². The molecule has 2 heterocycles. The number of carbonyl (C=O) groups is 2. The molecule has 4 rings (SSSR count). The van der Waals surface area contributed by atoms with E-state index in [-0.39, 0.29) is 17.5 Å². The number of nitrogens with one attached hydrogen (secondary N) is 1. The predicted octanol–water partition coefficient (Wildman–Crippen LogP) is 5.14. The van der Waals surface area contributed by atoms with E-state index in [1.807, 2.05) is 12.1 Å². The summed E-state index contributed by atoms with van der Waals surface area (Å²) in [6.07, 6.45) is 5.84. The van der Waals surface area contributed by atoms with E-state index in [0.29, 0.717) is 17.4 Å². The van der Waals surface area contributed by atoms with Gasteiger partial charge in [-0.2, -0.15) is 0 Å². The van der Waals surface area contributed by atoms with Gasteiger partial charge < -0.3 is 9.88 Å². The van der Waals surface area contributed by atoms with Crippen LogP contribution < -0.4 is 10.2 Å². The largest absolute Gasteiger partial charge is 0.352 e. The average Bonchev–Trinajstić information content (AvgIpc) is 3.44. The predicted molar refractivity (Wildman–Crippen MR) is 130 cm³/mol. The third-order valence-corrected chi connectivity index (χ3v) is 5.91. The molecule has 0 saturated carbocycles. The van der Waals surface area contributed by atoms with Crippen LogP contribution in [0.1, 0.15) is 19.0 Å². The van der Waals surface area contributed by atoms with Gasteiger partial charge >= 0.3 is 0 Å². The molecule has 0 aliphatic heterocycles. The summed E-state index contributed by atoms with van der Waals surface area (Å²) < 4.78 is 16.3. The number of benzene rings is 2. The molecular weight excluding hydrogens is 439 g/mol. The minimum Gasteiger partial charge on any atom is -0.352 e. The van der Waals surface area contributed by atoms with Crippen LogP contribution in [0, 0.1) is 5.82 Å². The van der Waals surface area contributed by atoms with Crippen LogP contribution in [-0.2, 0) is 16.1 Å². The Morgan fingerprint density at radius 2 is 1.94 bits per heavy atom. The molecule has 0 spiro atoms. The van der Waals surface area contributed by atoms with Crippen LogP contribution in [0.5, 0.6) is 0 Å². The number of aromatic nitrogens is 2. The van der Waals surface area contributed by atoms with Crippen molar-refractivity contribution in [3.63, 3.8) is 0 Å². The Balaban J connectivity index is 1.31. The number of hydrogen-bond acceptors (Lipinski definition) is 4. The van der Waals surface area contributed by atoms with Crippen LogP contribution in [0.15, 0.2) is 72.3 Å². The number of hydrogen-bond donors (Lipinski definition) is 1. The van der Waals surface area contributed by atoms with Gasteiger partial charge in [-0.05, 0) is 42.1 Å². The highest BCUT2D eigenvalue weighted by molar-refractivity contribution is 7.14. The first-order valence-corrected chi connectivity index (χ1v) is 11.4. The molecule has 33 heavy (non-hydrogen) atoms. The maximum absolute atomic E-state index is 14.2. The van der Waals surface area contributed by atoms with E-state index in [9.17, 15) is 14.0 Å². The molecule has 6 nitrogen and oxygen atoms in total. The van der Waals surface area contributed by atoms with Crippen molar-refractivity contribution >= 4 is 50.9 Å². The molecule has 0 saturated heterocycles. The summed E-state index contributed by atoms with van der Waals surface area (Å²) in [6, 6.07) is 16.3. The number of para-hydroxylation sites is 2. The molecule has 0 fully saturated rings. The number of amides is 2. The molecule has 1 N–H and O–H groups in total. The third-order valence-electron chi connectivity index (χ3n) is 5.07. The van der Waals surface area contributed by atoms with Crippen LogP contribution in [0.2, 0.25) is 0 Å². The van der Waals surface area contributed by atoms with Crippen molar-refractivity contribution in [1.82, 2.24) is 14.9 Å². The molecule has 0 atom stereocenters. The van der Waals surface area contributed by atoms with E-state index < -0.39 is 5.82 Å². The second-order valence-corrected chi connectivity index (χ2v) is 8.24. The third kappa shape index (κ3) is 5.35. The second kappa shape index (κ2) is 10.2. The lowest BCUT2D eigenvalue weighted by Crippen LogP contribution is -2.23. The Labute approximate surface area is 195 Å². The summed E-state index contributed by atoms with van der Waals surface area (Å²) in [4.78, 5) is 29.9. The van der Waals surface area contributed by atoms with Crippen molar-refractivity contribution < 1.29 is 14.0 Å². The number of aryl methyl sites for hydroxylation is 1. The van der Waals surface area contributed by atoms with Crippen LogP contribution >= 0.6 is 11.3 Å². The van der Waals surface area contributed by atoms with Gasteiger partial charge in [0.2, 0.25) is 11.8 Å². The Kier molecular flexibility index (Phi) is 6.95. The summed E-state index contributed by atoms with van der Waals surface area (Å²) in [6.45, 7) is 2.71. The van der Waals surface area contributed by atoms with Gasteiger partial charge in [0, 0.05) is 43.2 Å². The monoisotopic (exact) mass is 462 g/mol. The topological polar surface area (TPSA) is 67.2 Å². The van der Waals surface area contributed by atoms with E-state index in [4.69, 9.17) is 0 Å². The van der Waals surface area contributed by atoms with Crippen LogP contribution in [-0.4, -0.2) is 27.9 Å². The minimum absolute atomic E-state index is 0.142. The van der Waals surface area contributed by atoms with Gasteiger partial charge in [0.15, 0.2) is 5.13 Å². The lowest BCUT2D eigenvalue weighted by Gasteiger charge is -2.18. The van der Waals surface area contributed by atoms with Crippen molar-refractivity contribution in [3.8, 4) is 0 Å². The zero-order chi connectivity index (χ0) is 23.2. The van der Waals surface area contributed by atoms with Crippen molar-refractivity contribution in [1.29, 1.82) is 0 Å². The number of thiazole rings is 1. The number of halogens is 1. The Morgan fingerprint density at radius 1 is 1.15 bits per heavy atom. The molecule has 0 aliphatic rings. The molecule has 8 heteroatoms. The molecule has 0 radical (unpaired) electrons. The zero-order valence-corrected chi connectivity index (χ0v) is 18.9. The molecule has 2 amide bonds. The lowest BCUT2D eigenvalue weighted by atomic mass is 10.2. The fraction of sp³-hybridized carbons (Fsp3) is 0.160. The number of nitrogens with zero attached hydrogens (tertiary/aromatic N) is 3. The summed E-state index contributed by atoms with van der Waals surface area (Å²) >= 11 is 1.20. The van der Waals surface area contributed by atoms with E-state index in [1.165, 1.54) is 52.3 Å². The highest BCUT2D eigenvalue weighted by atomic mass is 32.1. The molecule has 2 aromatic carbocycles. The Bertz CT molecular complexity index is 1310. The molecule has 2 aromatic heterocycles. The maximum Gasteiger partial charge on any atom is 0.244 e. The molecular formula is C25H23FN4O2S. The normalized spacial score (nSPS) is 11.2.